The van der Waals surface area contributed by atoms with Crippen molar-refractivity contribution in [2.45, 2.75) is 0 Å². The Balaban J connectivity index is 2.01. The van der Waals surface area contributed by atoms with Gasteiger partial charge in [-0.3, -0.25) is 0 Å². The number of hydrogen-bond acceptors (Lipinski definition) is 4. The van der Waals surface area contributed by atoms with E-state index in [-0.39, 0.29) is 5.75 Å². The molecule has 92 valence electrons. The van der Waals surface area contributed by atoms with Crippen LogP contribution in [-0.2, 0) is 0 Å². The van der Waals surface area contributed by atoms with Crippen LogP contribution in [0.5, 0.6) is 5.75 Å². The van der Waals surface area contributed by atoms with Crippen LogP contribution in [0.1, 0.15) is 0 Å². The van der Waals surface area contributed by atoms with Crippen molar-refractivity contribution < 1.29 is 5.11 Å². The molecule has 1 aromatic heterocycles. The van der Waals surface area contributed by atoms with Crippen LogP contribution < -0.4 is 0 Å². The molecule has 0 amide bonds. The highest BCUT2D eigenvalue weighted by Gasteiger charge is 2.02. The summed E-state index contributed by atoms with van der Waals surface area (Å²) in [6.07, 6.45) is 1.65. The van der Waals surface area contributed by atoms with Gasteiger partial charge in [0.1, 0.15) is 11.4 Å². The summed E-state index contributed by atoms with van der Waals surface area (Å²) in [7, 11) is 0. The van der Waals surface area contributed by atoms with Gasteiger partial charge < -0.3 is 5.11 Å². The number of azo groups is 1. The first-order valence-electron chi connectivity index (χ1n) is 5.87. The lowest BCUT2D eigenvalue weighted by Gasteiger charge is -2.01. The van der Waals surface area contributed by atoms with E-state index in [0.29, 0.717) is 11.5 Å². The van der Waals surface area contributed by atoms with Crippen LogP contribution in [0.3, 0.4) is 0 Å². The predicted octanol–water partition coefficient (Wildman–Crippen LogP) is 4.36. The topological polar surface area (TPSA) is 57.8 Å². The van der Waals surface area contributed by atoms with E-state index in [1.54, 1.807) is 24.4 Å². The minimum atomic E-state index is 0.110. The number of aromatic hydroxyl groups is 1. The van der Waals surface area contributed by atoms with Crippen molar-refractivity contribution in [3.63, 3.8) is 0 Å². The first-order valence-corrected chi connectivity index (χ1v) is 5.87. The number of fused-ring (bicyclic) bond motifs is 1. The van der Waals surface area contributed by atoms with Crippen LogP contribution in [0, 0.1) is 0 Å². The van der Waals surface area contributed by atoms with Gasteiger partial charge in [-0.25, -0.2) is 4.98 Å². The molecule has 0 radical (unpaired) electrons. The van der Waals surface area contributed by atoms with Gasteiger partial charge in [0.2, 0.25) is 0 Å². The van der Waals surface area contributed by atoms with Crippen LogP contribution in [0.4, 0.5) is 11.5 Å². The Hall–Kier alpha value is -2.75. The van der Waals surface area contributed by atoms with E-state index in [9.17, 15) is 5.11 Å². The number of hydrogen-bond donors (Lipinski definition) is 1. The molecule has 0 saturated carbocycles. The first kappa shape index (κ1) is 11.3. The van der Waals surface area contributed by atoms with Gasteiger partial charge in [0, 0.05) is 6.20 Å². The lowest BCUT2D eigenvalue weighted by atomic mass is 10.1. The molecule has 0 saturated heterocycles. The molecule has 3 rings (SSSR count). The molecule has 0 atom stereocenters. The number of aromatic nitrogens is 1. The van der Waals surface area contributed by atoms with Gasteiger partial charge in [-0.2, -0.15) is 0 Å². The summed E-state index contributed by atoms with van der Waals surface area (Å²) >= 11 is 0. The molecule has 19 heavy (non-hydrogen) atoms. The van der Waals surface area contributed by atoms with Crippen molar-refractivity contribution >= 4 is 22.3 Å². The summed E-state index contributed by atoms with van der Waals surface area (Å²) in [5.74, 6) is 0.619. The molecule has 0 aliphatic rings. The smallest absolute Gasteiger partial charge is 0.174 e. The molecule has 0 aliphatic carbocycles. The monoisotopic (exact) mass is 249 g/mol. The van der Waals surface area contributed by atoms with E-state index < -0.39 is 0 Å². The van der Waals surface area contributed by atoms with Crippen LogP contribution in [0.2, 0.25) is 0 Å². The van der Waals surface area contributed by atoms with E-state index in [2.05, 4.69) is 15.2 Å². The number of phenols is 1. The van der Waals surface area contributed by atoms with Crippen molar-refractivity contribution in [1.82, 2.24) is 4.98 Å². The van der Waals surface area contributed by atoms with Crippen molar-refractivity contribution in [2.24, 2.45) is 10.2 Å². The summed E-state index contributed by atoms with van der Waals surface area (Å²) in [5, 5.41) is 19.9. The van der Waals surface area contributed by atoms with Gasteiger partial charge >= 0.3 is 0 Å². The maximum absolute atomic E-state index is 9.91. The van der Waals surface area contributed by atoms with Gasteiger partial charge in [-0.05, 0) is 35.0 Å². The summed E-state index contributed by atoms with van der Waals surface area (Å²) in [5.41, 5.74) is 0.435. The summed E-state index contributed by atoms with van der Waals surface area (Å²) < 4.78 is 0. The van der Waals surface area contributed by atoms with Crippen molar-refractivity contribution in [1.29, 1.82) is 0 Å². The predicted molar refractivity (Wildman–Crippen MR) is 74.0 cm³/mol. The molecular weight excluding hydrogens is 238 g/mol. The summed E-state index contributed by atoms with van der Waals surface area (Å²) in [6.45, 7) is 0. The molecule has 1 N–H and O–H groups in total. The third-order valence-corrected chi connectivity index (χ3v) is 2.75. The minimum absolute atomic E-state index is 0.110. The fourth-order valence-electron chi connectivity index (χ4n) is 1.81. The van der Waals surface area contributed by atoms with Gasteiger partial charge in [-0.15, -0.1) is 10.2 Å². The molecule has 1 heterocycles. The van der Waals surface area contributed by atoms with Gasteiger partial charge in [0.05, 0.1) is 0 Å². The average Bonchev–Trinajstić information content (AvgIpc) is 2.46. The van der Waals surface area contributed by atoms with Crippen molar-refractivity contribution in [2.75, 3.05) is 0 Å². The Kier molecular flexibility index (Phi) is 2.90. The zero-order chi connectivity index (χ0) is 13.1. The molecule has 0 spiro atoms. The van der Waals surface area contributed by atoms with Gasteiger partial charge in [0.15, 0.2) is 5.82 Å². The standard InChI is InChI=1S/C15H11N3O/c19-14-10-12-6-2-1-5-11(12)9-13(14)17-18-15-7-3-4-8-16-15/h1-10,19H. The number of rotatable bonds is 2. The van der Waals surface area contributed by atoms with Gasteiger partial charge in [-0.1, -0.05) is 30.3 Å². The summed E-state index contributed by atoms with van der Waals surface area (Å²) in [4.78, 5) is 4.04. The van der Waals surface area contributed by atoms with Crippen molar-refractivity contribution in [3.8, 4) is 5.75 Å². The Bertz CT molecular complexity index is 739. The molecule has 0 bridgehead atoms. The molecule has 0 unspecified atom stereocenters. The maximum atomic E-state index is 9.91. The second-order valence-corrected chi connectivity index (χ2v) is 4.08. The van der Waals surface area contributed by atoms with E-state index in [1.165, 1.54) is 0 Å². The third kappa shape index (κ3) is 2.42. The van der Waals surface area contributed by atoms with E-state index in [0.717, 1.165) is 10.8 Å². The van der Waals surface area contributed by atoms with E-state index in [1.807, 2.05) is 36.4 Å². The fourth-order valence-corrected chi connectivity index (χ4v) is 1.81. The number of benzene rings is 2. The Labute approximate surface area is 110 Å². The van der Waals surface area contributed by atoms with E-state index >= 15 is 0 Å². The molecule has 0 fully saturated rings. The van der Waals surface area contributed by atoms with Crippen LogP contribution in [0.15, 0.2) is 71.0 Å². The van der Waals surface area contributed by atoms with E-state index in [4.69, 9.17) is 0 Å². The first-order chi connectivity index (χ1) is 9.33. The molecule has 4 nitrogen and oxygen atoms in total. The third-order valence-electron chi connectivity index (χ3n) is 2.75. The number of nitrogens with zero attached hydrogens (tertiary/aromatic N) is 3. The quantitative estimate of drug-likeness (QED) is 0.686. The highest BCUT2D eigenvalue weighted by atomic mass is 16.3. The SMILES string of the molecule is Oc1cc2ccccc2cc1N=Nc1ccccn1. The Morgan fingerprint density at radius 2 is 1.58 bits per heavy atom. The molecule has 4 heteroatoms. The largest absolute Gasteiger partial charge is 0.506 e. The normalized spacial score (nSPS) is 11.2. The highest BCUT2D eigenvalue weighted by molar-refractivity contribution is 5.87. The zero-order valence-electron chi connectivity index (χ0n) is 10.1. The molecule has 2 aromatic carbocycles. The Morgan fingerprint density at radius 1 is 0.842 bits per heavy atom. The summed E-state index contributed by atoms with van der Waals surface area (Å²) in [6, 6.07) is 16.7. The second kappa shape index (κ2) is 4.86. The lowest BCUT2D eigenvalue weighted by Crippen LogP contribution is -1.74. The maximum Gasteiger partial charge on any atom is 0.174 e. The van der Waals surface area contributed by atoms with Crippen LogP contribution >= 0.6 is 0 Å². The molecular formula is C15H11N3O. The van der Waals surface area contributed by atoms with Crippen molar-refractivity contribution in [3.05, 3.63) is 60.8 Å². The average molecular weight is 249 g/mol. The number of pyridine rings is 1. The second-order valence-electron chi connectivity index (χ2n) is 4.08. The fraction of sp³-hybridized carbons (Fsp3) is 0. The zero-order valence-corrected chi connectivity index (χ0v) is 10.1. The van der Waals surface area contributed by atoms with Crippen LogP contribution in [-0.4, -0.2) is 10.1 Å². The molecule has 0 aliphatic heterocycles. The van der Waals surface area contributed by atoms with Gasteiger partial charge in [0.25, 0.3) is 0 Å². The Morgan fingerprint density at radius 3 is 2.32 bits per heavy atom. The number of phenolic OH excluding ortho intramolecular Hbond substituents is 1. The minimum Gasteiger partial charge on any atom is -0.506 e. The highest BCUT2D eigenvalue weighted by Crippen LogP contribution is 2.32. The lowest BCUT2D eigenvalue weighted by molar-refractivity contribution is 0.477. The van der Waals surface area contributed by atoms with Crippen LogP contribution in [0.25, 0.3) is 10.8 Å². The molecule has 3 aromatic rings.